The third-order valence-electron chi connectivity index (χ3n) is 12.0. The molecule has 0 saturated carbocycles. The van der Waals surface area contributed by atoms with Gasteiger partial charge in [-0.05, 0) is 160 Å². The Bertz CT molecular complexity index is 3490. The lowest BCUT2D eigenvalue weighted by Crippen LogP contribution is -2.07. The number of fused-ring (bicyclic) bond motifs is 18. The maximum atomic E-state index is 2.49. The van der Waals surface area contributed by atoms with Crippen molar-refractivity contribution in [3.8, 4) is 0 Å². The summed E-state index contributed by atoms with van der Waals surface area (Å²) in [5.74, 6) is 0. The first kappa shape index (κ1) is 24.2. The van der Waals surface area contributed by atoms with Gasteiger partial charge >= 0.3 is 0 Å². The van der Waals surface area contributed by atoms with Crippen molar-refractivity contribution in [3.63, 3.8) is 0 Å². The second kappa shape index (κ2) is 8.11. The van der Waals surface area contributed by atoms with Gasteiger partial charge in [0.15, 0.2) is 0 Å². The van der Waals surface area contributed by atoms with Crippen molar-refractivity contribution in [2.45, 2.75) is 12.8 Å². The summed E-state index contributed by atoms with van der Waals surface area (Å²) in [5, 5.41) is 32.2. The van der Waals surface area contributed by atoms with E-state index >= 15 is 0 Å². The predicted molar refractivity (Wildman–Crippen MR) is 209 cm³/mol. The molecule has 0 nitrogen and oxygen atoms in total. The summed E-state index contributed by atoms with van der Waals surface area (Å²) in [6.45, 7) is 0. The third kappa shape index (κ3) is 2.60. The molecule has 0 N–H and O–H groups in total. The van der Waals surface area contributed by atoms with Crippen LogP contribution in [-0.4, -0.2) is 0 Å². The number of rotatable bonds is 0. The summed E-state index contributed by atoms with van der Waals surface area (Å²) < 4.78 is 0. The number of aryl methyl sites for hydroxylation is 1. The average Bonchev–Trinajstić information content (AvgIpc) is 3.78. The standard InChI is InChI=1S/C48H26/c1-4-16-31-25(10-1)22-28-13-7-19-34-37(28)40(31)46-43(34)47-42-33-18-6-3-12-27(33)24-30-15-9-21-36(39(30)42)45(47)48-41-32-17-5-2-11-26(32)23-29-14-8-20-35(38(29)41)44(46)48/h1-8,10-20,22-24H,9,21H2. The van der Waals surface area contributed by atoms with Gasteiger partial charge in [-0.3, -0.25) is 0 Å². The van der Waals surface area contributed by atoms with E-state index in [2.05, 4.69) is 133 Å². The van der Waals surface area contributed by atoms with E-state index in [1.54, 1.807) is 5.56 Å². The van der Waals surface area contributed by atoms with Crippen LogP contribution in [-0.2, 0) is 6.42 Å². The molecule has 0 spiro atoms. The largest absolute Gasteiger partial charge is 0.0763 e. The zero-order valence-corrected chi connectivity index (χ0v) is 26.1. The molecular weight excluding hydrogens is 577 g/mol. The van der Waals surface area contributed by atoms with Gasteiger partial charge in [0.2, 0.25) is 0 Å². The smallest absolute Gasteiger partial charge is 0.0000703 e. The van der Waals surface area contributed by atoms with E-state index in [1.807, 2.05) is 0 Å². The molecule has 0 heterocycles. The van der Waals surface area contributed by atoms with Crippen molar-refractivity contribution >= 4 is 125 Å². The maximum Gasteiger partial charge on any atom is -0.0000703 e. The lowest BCUT2D eigenvalue weighted by Gasteiger charge is -2.10. The molecule has 0 unspecified atom stereocenters. The Balaban J connectivity index is 1.53. The Morgan fingerprint density at radius 2 is 0.708 bits per heavy atom. The van der Waals surface area contributed by atoms with Crippen LogP contribution in [0.25, 0.3) is 125 Å². The van der Waals surface area contributed by atoms with Crippen molar-refractivity contribution in [2.24, 2.45) is 0 Å². The van der Waals surface area contributed by atoms with Crippen LogP contribution in [0.4, 0.5) is 0 Å². The lowest BCUT2D eigenvalue weighted by molar-refractivity contribution is 1.05. The number of hydrogen-bond acceptors (Lipinski definition) is 0. The maximum absolute atomic E-state index is 2.49. The summed E-state index contributed by atoms with van der Waals surface area (Å²) in [6.07, 6.45) is 4.64. The Kier molecular flexibility index (Phi) is 4.09. The quantitative estimate of drug-likeness (QED) is 0.152. The molecule has 0 fully saturated rings. The van der Waals surface area contributed by atoms with Crippen LogP contribution < -0.4 is 5.22 Å². The van der Waals surface area contributed by atoms with Crippen molar-refractivity contribution < 1.29 is 0 Å². The molecule has 12 aromatic carbocycles. The summed E-state index contributed by atoms with van der Waals surface area (Å²) in [4.78, 5) is 0. The minimum absolute atomic E-state index is 1.07. The van der Waals surface area contributed by atoms with Gasteiger partial charge in [0.1, 0.15) is 0 Å². The Hall–Kier alpha value is -5.98. The normalized spacial score (nSPS) is 13.8. The fraction of sp³-hybridized carbons (Fsp3) is 0.0417. The summed E-state index contributed by atoms with van der Waals surface area (Å²) >= 11 is 0. The van der Waals surface area contributed by atoms with Gasteiger partial charge in [0.25, 0.3) is 0 Å². The highest BCUT2D eigenvalue weighted by Gasteiger charge is 2.30. The van der Waals surface area contributed by atoms with E-state index in [-0.39, 0.29) is 0 Å². The van der Waals surface area contributed by atoms with E-state index in [4.69, 9.17) is 0 Å². The highest BCUT2D eigenvalue weighted by Crippen LogP contribution is 2.57. The molecule has 0 atom stereocenters. The number of hydrogen-bond donors (Lipinski definition) is 0. The van der Waals surface area contributed by atoms with Crippen LogP contribution in [0.1, 0.15) is 12.0 Å². The summed E-state index contributed by atoms with van der Waals surface area (Å²) in [6, 6.07) is 48.6. The molecular formula is C48H26. The fourth-order valence-electron chi connectivity index (χ4n) is 10.4. The van der Waals surface area contributed by atoms with Gasteiger partial charge in [-0.1, -0.05) is 115 Å². The van der Waals surface area contributed by atoms with Crippen LogP contribution in [0.3, 0.4) is 0 Å². The van der Waals surface area contributed by atoms with E-state index in [0.29, 0.717) is 0 Å². The minimum Gasteiger partial charge on any atom is -0.0763 e. The molecule has 1 aliphatic rings. The Morgan fingerprint density at radius 1 is 0.292 bits per heavy atom. The molecule has 0 aliphatic heterocycles. The van der Waals surface area contributed by atoms with Crippen LogP contribution in [0.2, 0.25) is 0 Å². The van der Waals surface area contributed by atoms with Crippen LogP contribution >= 0.6 is 0 Å². The van der Waals surface area contributed by atoms with Gasteiger partial charge < -0.3 is 0 Å². The summed E-state index contributed by atoms with van der Waals surface area (Å²) in [7, 11) is 0. The van der Waals surface area contributed by atoms with Crippen LogP contribution in [0, 0.1) is 0 Å². The Morgan fingerprint density at radius 3 is 1.27 bits per heavy atom. The zero-order chi connectivity index (χ0) is 30.8. The SMILES string of the molecule is C1=c2cc3ccccc3c3c2c(c2c3c3c4cccc5cc6ccccc6c(c54)c3c3c4cccc5cc6ccccc6c(c54)c23)CC1. The molecule has 0 saturated heterocycles. The fourth-order valence-corrected chi connectivity index (χ4v) is 10.4. The van der Waals surface area contributed by atoms with E-state index in [9.17, 15) is 0 Å². The topological polar surface area (TPSA) is 0 Å². The molecule has 0 aromatic heterocycles. The minimum atomic E-state index is 1.07. The molecule has 0 bridgehead atoms. The molecule has 13 rings (SSSR count). The van der Waals surface area contributed by atoms with Crippen molar-refractivity contribution in [1.29, 1.82) is 0 Å². The predicted octanol–water partition coefficient (Wildman–Crippen LogP) is 12.7. The number of benzene rings is 9. The van der Waals surface area contributed by atoms with Crippen LogP contribution in [0.5, 0.6) is 0 Å². The molecule has 0 radical (unpaired) electrons. The van der Waals surface area contributed by atoms with Crippen molar-refractivity contribution in [1.82, 2.24) is 0 Å². The van der Waals surface area contributed by atoms with Gasteiger partial charge in [-0.15, -0.1) is 0 Å². The van der Waals surface area contributed by atoms with Crippen molar-refractivity contribution in [3.05, 3.63) is 138 Å². The lowest BCUT2D eigenvalue weighted by atomic mass is 9.93. The van der Waals surface area contributed by atoms with Gasteiger partial charge in [-0.25, -0.2) is 0 Å². The molecule has 48 heavy (non-hydrogen) atoms. The third-order valence-corrected chi connectivity index (χ3v) is 12.0. The first-order chi connectivity index (χ1) is 23.8. The van der Waals surface area contributed by atoms with Crippen molar-refractivity contribution in [2.75, 3.05) is 0 Å². The average molecular weight is 603 g/mol. The van der Waals surface area contributed by atoms with Crippen LogP contribution in [0.15, 0.2) is 127 Å². The molecule has 218 valence electrons. The van der Waals surface area contributed by atoms with E-state index in [1.165, 1.54) is 124 Å². The second-order valence-electron chi connectivity index (χ2n) is 14.2. The molecule has 0 amide bonds. The van der Waals surface area contributed by atoms with Gasteiger partial charge in [0, 0.05) is 0 Å². The van der Waals surface area contributed by atoms with Gasteiger partial charge in [-0.2, -0.15) is 0 Å². The Labute approximate surface area is 274 Å². The highest BCUT2D eigenvalue weighted by atomic mass is 14.3. The first-order valence-electron chi connectivity index (χ1n) is 17.3. The van der Waals surface area contributed by atoms with E-state index in [0.717, 1.165) is 12.8 Å². The highest BCUT2D eigenvalue weighted by molar-refractivity contribution is 6.56. The monoisotopic (exact) mass is 602 g/mol. The molecule has 0 heteroatoms. The second-order valence-corrected chi connectivity index (χ2v) is 14.2. The molecule has 1 aliphatic carbocycles. The zero-order valence-electron chi connectivity index (χ0n) is 26.1. The summed E-state index contributed by atoms with van der Waals surface area (Å²) in [5.41, 5.74) is 1.55. The van der Waals surface area contributed by atoms with E-state index < -0.39 is 0 Å². The van der Waals surface area contributed by atoms with Gasteiger partial charge in [0.05, 0.1) is 0 Å². The molecule has 12 aromatic rings. The first-order valence-corrected chi connectivity index (χ1v) is 17.3.